The molecule has 0 aliphatic carbocycles. The normalized spacial score (nSPS) is 12.1. The molecule has 0 saturated carbocycles. The second-order valence-corrected chi connectivity index (χ2v) is 18.5. The van der Waals surface area contributed by atoms with Crippen LogP contribution in [0.5, 0.6) is 0 Å². The first-order valence-corrected chi connectivity index (χ1v) is 27.3. The Hall–Kier alpha value is -2.11. The molecule has 0 aliphatic heterocycles. The van der Waals surface area contributed by atoms with Crippen molar-refractivity contribution in [2.75, 3.05) is 13.2 Å². The lowest BCUT2D eigenvalue weighted by molar-refractivity contribution is -0.167. The number of allylic oxidation sites excluding steroid dienone is 4. The van der Waals surface area contributed by atoms with Crippen molar-refractivity contribution in [2.24, 2.45) is 0 Å². The second-order valence-electron chi connectivity index (χ2n) is 18.5. The van der Waals surface area contributed by atoms with E-state index in [1.54, 1.807) is 0 Å². The molecule has 0 rings (SSSR count). The van der Waals surface area contributed by atoms with Gasteiger partial charge in [-0.1, -0.05) is 231 Å². The number of hydrogen-bond donors (Lipinski definition) is 0. The number of unbranched alkanes of at least 4 members (excludes halogenated alkanes) is 35. The van der Waals surface area contributed by atoms with Gasteiger partial charge in [0.2, 0.25) is 0 Å². The van der Waals surface area contributed by atoms with E-state index in [0.29, 0.717) is 19.3 Å². The lowest BCUT2D eigenvalue weighted by Crippen LogP contribution is -2.30. The van der Waals surface area contributed by atoms with Gasteiger partial charge in [0.25, 0.3) is 0 Å². The van der Waals surface area contributed by atoms with E-state index >= 15 is 0 Å². The van der Waals surface area contributed by atoms with Gasteiger partial charge in [0.15, 0.2) is 6.10 Å². The Bertz CT molecular complexity index is 1000. The first kappa shape index (κ1) is 59.9. The van der Waals surface area contributed by atoms with Crippen molar-refractivity contribution in [3.63, 3.8) is 0 Å². The van der Waals surface area contributed by atoms with Crippen molar-refractivity contribution < 1.29 is 28.6 Å². The number of carbonyl (C=O) groups excluding carboxylic acids is 3. The molecule has 0 saturated heterocycles. The number of hydrogen-bond acceptors (Lipinski definition) is 6. The summed E-state index contributed by atoms with van der Waals surface area (Å²) < 4.78 is 16.7. The predicted molar refractivity (Wildman–Crippen MR) is 266 cm³/mol. The number of carbonyl (C=O) groups is 3. The Labute approximate surface area is 385 Å². The van der Waals surface area contributed by atoms with Crippen LogP contribution in [0.15, 0.2) is 24.3 Å². The van der Waals surface area contributed by atoms with E-state index in [-0.39, 0.29) is 31.1 Å². The van der Waals surface area contributed by atoms with Gasteiger partial charge >= 0.3 is 17.9 Å². The molecule has 0 aromatic rings. The molecule has 364 valence electrons. The molecule has 1 unspecified atom stereocenters. The van der Waals surface area contributed by atoms with Crippen molar-refractivity contribution in [3.8, 4) is 0 Å². The summed E-state index contributed by atoms with van der Waals surface area (Å²) >= 11 is 0. The van der Waals surface area contributed by atoms with Gasteiger partial charge in [0.05, 0.1) is 0 Å². The van der Waals surface area contributed by atoms with Gasteiger partial charge in [-0.15, -0.1) is 0 Å². The van der Waals surface area contributed by atoms with E-state index in [1.165, 1.54) is 186 Å². The second kappa shape index (κ2) is 51.5. The molecule has 1 atom stereocenters. The van der Waals surface area contributed by atoms with Crippen LogP contribution >= 0.6 is 0 Å². The molecule has 0 aliphatic rings. The molecule has 6 nitrogen and oxygen atoms in total. The average molecular weight is 873 g/mol. The van der Waals surface area contributed by atoms with E-state index < -0.39 is 6.10 Å². The van der Waals surface area contributed by atoms with E-state index in [4.69, 9.17) is 14.2 Å². The number of esters is 3. The number of rotatable bonds is 50. The molecule has 0 aromatic heterocycles. The van der Waals surface area contributed by atoms with Gasteiger partial charge in [0, 0.05) is 19.3 Å². The molecule has 0 heterocycles. The van der Waals surface area contributed by atoms with Crippen LogP contribution in [0.3, 0.4) is 0 Å². The first-order valence-electron chi connectivity index (χ1n) is 27.3. The zero-order valence-corrected chi connectivity index (χ0v) is 41.7. The lowest BCUT2D eigenvalue weighted by atomic mass is 10.0. The predicted octanol–water partition coefficient (Wildman–Crippen LogP) is 17.9. The smallest absolute Gasteiger partial charge is 0.306 e. The highest BCUT2D eigenvalue weighted by Crippen LogP contribution is 2.16. The molecule has 0 radical (unpaired) electrons. The molecule has 0 fully saturated rings. The topological polar surface area (TPSA) is 78.9 Å². The molecule has 0 amide bonds. The van der Waals surface area contributed by atoms with Crippen LogP contribution in [-0.4, -0.2) is 37.2 Å². The van der Waals surface area contributed by atoms with Crippen molar-refractivity contribution in [1.82, 2.24) is 0 Å². The lowest BCUT2D eigenvalue weighted by Gasteiger charge is -2.18. The van der Waals surface area contributed by atoms with Crippen LogP contribution < -0.4 is 0 Å². The van der Waals surface area contributed by atoms with Crippen LogP contribution in [0, 0.1) is 0 Å². The fourth-order valence-electron chi connectivity index (χ4n) is 8.02. The molecule has 0 bridgehead atoms. The summed E-state index contributed by atoms with van der Waals surface area (Å²) in [6, 6.07) is 0. The van der Waals surface area contributed by atoms with E-state index in [2.05, 4.69) is 45.1 Å². The Balaban J connectivity index is 3.96. The number of ether oxygens (including phenoxy) is 3. The van der Waals surface area contributed by atoms with Crippen molar-refractivity contribution in [1.29, 1.82) is 0 Å². The average Bonchev–Trinajstić information content (AvgIpc) is 3.27. The first-order chi connectivity index (χ1) is 30.5. The van der Waals surface area contributed by atoms with Gasteiger partial charge in [-0.05, 0) is 70.6 Å². The van der Waals surface area contributed by atoms with Gasteiger partial charge in [0.1, 0.15) is 13.2 Å². The highest BCUT2D eigenvalue weighted by molar-refractivity contribution is 5.71. The van der Waals surface area contributed by atoms with Crippen molar-refractivity contribution >= 4 is 17.9 Å². The van der Waals surface area contributed by atoms with E-state index in [1.807, 2.05) is 0 Å². The Morgan fingerprint density at radius 1 is 0.306 bits per heavy atom. The minimum atomic E-state index is -0.767. The molecule has 0 aromatic carbocycles. The fourth-order valence-corrected chi connectivity index (χ4v) is 8.02. The van der Waals surface area contributed by atoms with Crippen LogP contribution in [0.1, 0.15) is 297 Å². The van der Waals surface area contributed by atoms with Crippen molar-refractivity contribution in [3.05, 3.63) is 24.3 Å². The highest BCUT2D eigenvalue weighted by Gasteiger charge is 2.19. The summed E-state index contributed by atoms with van der Waals surface area (Å²) in [5.41, 5.74) is 0. The SMILES string of the molecule is CCCCC/C=C\CCCCCCCC(=O)OC(COC(=O)CCCCCCC)COC(=O)CCCCCCCCCCCCCCCCC/C=C\CCCCCCCCCC. The molecule has 6 heteroatoms. The van der Waals surface area contributed by atoms with Gasteiger partial charge < -0.3 is 14.2 Å². The Morgan fingerprint density at radius 2 is 0.532 bits per heavy atom. The van der Waals surface area contributed by atoms with Crippen LogP contribution in [-0.2, 0) is 28.6 Å². The maximum Gasteiger partial charge on any atom is 0.306 e. The molecule has 0 N–H and O–H groups in total. The summed E-state index contributed by atoms with van der Waals surface area (Å²) in [5, 5.41) is 0. The van der Waals surface area contributed by atoms with Gasteiger partial charge in [-0.2, -0.15) is 0 Å². The van der Waals surface area contributed by atoms with Crippen molar-refractivity contribution in [2.45, 2.75) is 303 Å². The van der Waals surface area contributed by atoms with Crippen LogP contribution in [0.25, 0.3) is 0 Å². The minimum Gasteiger partial charge on any atom is -0.462 e. The highest BCUT2D eigenvalue weighted by atomic mass is 16.6. The van der Waals surface area contributed by atoms with Gasteiger partial charge in [-0.25, -0.2) is 0 Å². The maximum atomic E-state index is 12.7. The third-order valence-corrected chi connectivity index (χ3v) is 12.2. The summed E-state index contributed by atoms with van der Waals surface area (Å²) in [4.78, 5) is 37.6. The summed E-state index contributed by atoms with van der Waals surface area (Å²) in [6.45, 7) is 6.55. The standard InChI is InChI=1S/C56H104O6/c1-4-7-10-13-15-17-19-21-22-23-24-25-26-27-28-29-30-31-32-33-34-35-37-38-40-43-46-49-55(58)61-52-53(51-60-54(57)48-45-42-12-9-6-3)62-56(59)50-47-44-41-39-36-20-18-16-14-11-8-5-2/h16,18,23-24,53H,4-15,17,19-22,25-52H2,1-3H3/b18-16-,24-23-. The molecule has 0 spiro atoms. The van der Waals surface area contributed by atoms with E-state index in [9.17, 15) is 14.4 Å². The van der Waals surface area contributed by atoms with Gasteiger partial charge in [-0.3, -0.25) is 14.4 Å². The third kappa shape index (κ3) is 48.9. The summed E-state index contributed by atoms with van der Waals surface area (Å²) in [6.07, 6.45) is 59.4. The van der Waals surface area contributed by atoms with Crippen LogP contribution in [0.2, 0.25) is 0 Å². The summed E-state index contributed by atoms with van der Waals surface area (Å²) in [5.74, 6) is -0.884. The largest absolute Gasteiger partial charge is 0.462 e. The Kier molecular flexibility index (Phi) is 49.8. The van der Waals surface area contributed by atoms with Crippen LogP contribution in [0.4, 0.5) is 0 Å². The minimum absolute atomic E-state index is 0.0718. The molecular weight excluding hydrogens is 769 g/mol. The molecule has 62 heavy (non-hydrogen) atoms. The maximum absolute atomic E-state index is 12.7. The monoisotopic (exact) mass is 873 g/mol. The zero-order chi connectivity index (χ0) is 45.1. The molecular formula is C56H104O6. The zero-order valence-electron chi connectivity index (χ0n) is 41.7. The quantitative estimate of drug-likeness (QED) is 0.0262. The Morgan fingerprint density at radius 3 is 0.839 bits per heavy atom. The summed E-state index contributed by atoms with van der Waals surface area (Å²) in [7, 11) is 0. The van der Waals surface area contributed by atoms with E-state index in [0.717, 1.165) is 70.6 Å². The fraction of sp³-hybridized carbons (Fsp3) is 0.875. The third-order valence-electron chi connectivity index (χ3n) is 12.2.